The van der Waals surface area contributed by atoms with Crippen molar-refractivity contribution in [2.24, 2.45) is 0 Å². The van der Waals surface area contributed by atoms with E-state index in [0.29, 0.717) is 11.2 Å². The minimum Gasteiger partial charge on any atom is -0.274 e. The van der Waals surface area contributed by atoms with Gasteiger partial charge in [-0.3, -0.25) is 10.1 Å². The second kappa shape index (κ2) is 3.77. The topological polar surface area (TPSA) is 41.6 Å². The van der Waals surface area contributed by atoms with Gasteiger partial charge in [-0.15, -0.1) is 0 Å². The molecule has 0 aromatic carbocycles. The maximum absolute atomic E-state index is 14.4. The number of aromatic nitrogens is 3. The number of rotatable bonds is 0. The summed E-state index contributed by atoms with van der Waals surface area (Å²) in [5, 5.41) is 7.83. The van der Waals surface area contributed by atoms with Crippen LogP contribution in [0.15, 0.2) is 6.20 Å². The van der Waals surface area contributed by atoms with E-state index < -0.39 is 0 Å². The van der Waals surface area contributed by atoms with Gasteiger partial charge >= 0.3 is 0 Å². The van der Waals surface area contributed by atoms with Gasteiger partial charge < -0.3 is 0 Å². The van der Waals surface area contributed by atoms with E-state index in [2.05, 4.69) is 36.0 Å². The largest absolute Gasteiger partial charge is 0.274 e. The van der Waals surface area contributed by atoms with Crippen LogP contribution in [0.1, 0.15) is 52.9 Å². The van der Waals surface area contributed by atoms with E-state index in [1.165, 1.54) is 0 Å². The van der Waals surface area contributed by atoms with Crippen molar-refractivity contribution in [2.75, 3.05) is 0 Å². The van der Waals surface area contributed by atoms with Crippen molar-refractivity contribution < 1.29 is 4.39 Å². The van der Waals surface area contributed by atoms with E-state index in [0.717, 1.165) is 11.1 Å². The first-order valence-electron chi connectivity index (χ1n) is 6.16. The van der Waals surface area contributed by atoms with Crippen molar-refractivity contribution in [1.29, 1.82) is 0 Å². The van der Waals surface area contributed by atoms with Crippen LogP contribution in [-0.4, -0.2) is 15.2 Å². The van der Waals surface area contributed by atoms with Gasteiger partial charge in [-0.1, -0.05) is 41.5 Å². The fourth-order valence-corrected chi connectivity index (χ4v) is 2.04. The minimum absolute atomic E-state index is 0.129. The Balaban J connectivity index is 2.73. The molecule has 3 nitrogen and oxygen atoms in total. The summed E-state index contributed by atoms with van der Waals surface area (Å²) in [4.78, 5) is 4.29. The van der Waals surface area contributed by atoms with E-state index in [1.54, 1.807) is 6.20 Å². The number of H-pyrrole nitrogens is 1. The molecule has 18 heavy (non-hydrogen) atoms. The van der Waals surface area contributed by atoms with E-state index in [4.69, 9.17) is 0 Å². The minimum atomic E-state index is -0.314. The Morgan fingerprint density at radius 2 is 1.56 bits per heavy atom. The molecule has 0 aliphatic carbocycles. The zero-order chi connectivity index (χ0) is 13.7. The molecule has 0 aliphatic rings. The molecule has 0 unspecified atom stereocenters. The molecule has 1 N–H and O–H groups in total. The van der Waals surface area contributed by atoms with Crippen LogP contribution in [0.2, 0.25) is 0 Å². The van der Waals surface area contributed by atoms with Gasteiger partial charge in [0.2, 0.25) is 0 Å². The molecule has 0 atom stereocenters. The predicted molar refractivity (Wildman–Crippen MR) is 71.2 cm³/mol. The van der Waals surface area contributed by atoms with Crippen LogP contribution in [0.4, 0.5) is 4.39 Å². The van der Waals surface area contributed by atoms with E-state index in [1.807, 2.05) is 20.8 Å². The fourth-order valence-electron chi connectivity index (χ4n) is 2.04. The van der Waals surface area contributed by atoms with E-state index >= 15 is 0 Å². The standard InChI is InChI=1S/C14H20FN3/c1-13(2,3)11-8-7-16-12(14(4,5)6)9(15)10(8)17-18-11/h7H,1-6H3,(H,17,18). The quantitative estimate of drug-likeness (QED) is 0.773. The lowest BCUT2D eigenvalue weighted by Crippen LogP contribution is -2.16. The molecule has 0 radical (unpaired) electrons. The van der Waals surface area contributed by atoms with E-state index in [-0.39, 0.29) is 16.6 Å². The van der Waals surface area contributed by atoms with Crippen molar-refractivity contribution in [3.63, 3.8) is 0 Å². The third-order valence-corrected chi connectivity index (χ3v) is 2.97. The lowest BCUT2D eigenvalue weighted by atomic mass is 9.88. The van der Waals surface area contributed by atoms with Crippen LogP contribution in [0.5, 0.6) is 0 Å². The number of hydrogen-bond acceptors (Lipinski definition) is 2. The average molecular weight is 249 g/mol. The third-order valence-electron chi connectivity index (χ3n) is 2.97. The highest BCUT2D eigenvalue weighted by atomic mass is 19.1. The maximum Gasteiger partial charge on any atom is 0.170 e. The summed E-state index contributed by atoms with van der Waals surface area (Å²) in [6.45, 7) is 12.0. The average Bonchev–Trinajstić information content (AvgIpc) is 2.59. The van der Waals surface area contributed by atoms with E-state index in [9.17, 15) is 4.39 Å². The molecule has 0 saturated carbocycles. The van der Waals surface area contributed by atoms with Crippen LogP contribution < -0.4 is 0 Å². The number of aromatic amines is 1. The van der Waals surface area contributed by atoms with Crippen molar-refractivity contribution in [2.45, 2.75) is 52.4 Å². The van der Waals surface area contributed by atoms with Gasteiger partial charge in [-0.25, -0.2) is 4.39 Å². The zero-order valence-corrected chi connectivity index (χ0v) is 11.8. The number of halogens is 1. The Labute approximate surface area is 107 Å². The molecular formula is C14H20FN3. The lowest BCUT2D eigenvalue weighted by molar-refractivity contribution is 0.508. The molecule has 0 fully saturated rings. The number of pyridine rings is 1. The first kappa shape index (κ1) is 13.0. The Morgan fingerprint density at radius 3 is 2.06 bits per heavy atom. The summed E-state index contributed by atoms with van der Waals surface area (Å²) in [7, 11) is 0. The predicted octanol–water partition coefficient (Wildman–Crippen LogP) is 3.69. The molecule has 98 valence electrons. The Hall–Kier alpha value is -1.45. The Bertz CT molecular complexity index is 585. The maximum atomic E-state index is 14.4. The Kier molecular flexibility index (Phi) is 2.72. The number of hydrogen-bond donors (Lipinski definition) is 1. The second-order valence-electron chi connectivity index (χ2n) is 6.78. The molecule has 0 bridgehead atoms. The molecule has 2 aromatic heterocycles. The van der Waals surface area contributed by atoms with Crippen LogP contribution in [0.25, 0.3) is 10.9 Å². The molecule has 2 rings (SSSR count). The van der Waals surface area contributed by atoms with Crippen LogP contribution in [-0.2, 0) is 10.8 Å². The highest BCUT2D eigenvalue weighted by Gasteiger charge is 2.26. The first-order valence-corrected chi connectivity index (χ1v) is 6.16. The van der Waals surface area contributed by atoms with Gasteiger partial charge in [-0.2, -0.15) is 5.10 Å². The van der Waals surface area contributed by atoms with Crippen molar-refractivity contribution in [3.05, 3.63) is 23.4 Å². The summed E-state index contributed by atoms with van der Waals surface area (Å²) < 4.78 is 14.4. The smallest absolute Gasteiger partial charge is 0.170 e. The third kappa shape index (κ3) is 2.00. The monoisotopic (exact) mass is 249 g/mol. The first-order chi connectivity index (χ1) is 8.12. The van der Waals surface area contributed by atoms with Gasteiger partial charge in [-0.05, 0) is 0 Å². The number of fused-ring (bicyclic) bond motifs is 1. The molecule has 4 heteroatoms. The SMILES string of the molecule is CC(C)(C)c1ncc2c(C(C)(C)C)n[nH]c2c1F. The van der Waals surface area contributed by atoms with Crippen LogP contribution >= 0.6 is 0 Å². The summed E-state index contributed by atoms with van der Waals surface area (Å²) in [6, 6.07) is 0. The highest BCUT2D eigenvalue weighted by Crippen LogP contribution is 2.32. The summed E-state index contributed by atoms with van der Waals surface area (Å²) in [5.41, 5.74) is 1.34. The van der Waals surface area contributed by atoms with Crippen molar-refractivity contribution in [3.8, 4) is 0 Å². The molecule has 2 heterocycles. The number of nitrogens with one attached hydrogen (secondary N) is 1. The van der Waals surface area contributed by atoms with Crippen LogP contribution in [0.3, 0.4) is 0 Å². The zero-order valence-electron chi connectivity index (χ0n) is 11.8. The van der Waals surface area contributed by atoms with Crippen molar-refractivity contribution in [1.82, 2.24) is 15.2 Å². The van der Waals surface area contributed by atoms with Gasteiger partial charge in [0.05, 0.1) is 11.4 Å². The summed E-state index contributed by atoms with van der Waals surface area (Å²) in [6.07, 6.45) is 1.73. The van der Waals surface area contributed by atoms with Gasteiger partial charge in [0.15, 0.2) is 5.82 Å². The molecule has 0 spiro atoms. The normalized spacial score (nSPS) is 13.3. The van der Waals surface area contributed by atoms with Crippen molar-refractivity contribution >= 4 is 10.9 Å². The Morgan fingerprint density at radius 1 is 1.00 bits per heavy atom. The molecule has 0 amide bonds. The molecule has 0 aliphatic heterocycles. The lowest BCUT2D eigenvalue weighted by Gasteiger charge is -2.19. The van der Waals surface area contributed by atoms with Crippen LogP contribution in [0, 0.1) is 5.82 Å². The summed E-state index contributed by atoms with van der Waals surface area (Å²) >= 11 is 0. The van der Waals surface area contributed by atoms with Gasteiger partial charge in [0.1, 0.15) is 5.52 Å². The summed E-state index contributed by atoms with van der Waals surface area (Å²) in [5.74, 6) is -0.289. The second-order valence-corrected chi connectivity index (χ2v) is 6.78. The highest BCUT2D eigenvalue weighted by molar-refractivity contribution is 5.82. The number of nitrogens with zero attached hydrogens (tertiary/aromatic N) is 2. The van der Waals surface area contributed by atoms with Gasteiger partial charge in [0, 0.05) is 22.4 Å². The molecule has 0 saturated heterocycles. The fraction of sp³-hybridized carbons (Fsp3) is 0.571. The molecule has 2 aromatic rings. The van der Waals surface area contributed by atoms with Gasteiger partial charge in [0.25, 0.3) is 0 Å². The molecular weight excluding hydrogens is 229 g/mol.